The molecule has 118 valence electrons. The van der Waals surface area contributed by atoms with Crippen molar-refractivity contribution >= 4 is 21.8 Å². The SMILES string of the molecule is COc1ccc(-c2c3c(cc4c2c2ccccc2n4C)CC3)cc1. The van der Waals surface area contributed by atoms with Crippen LogP contribution >= 0.6 is 0 Å². The molecule has 0 radical (unpaired) electrons. The monoisotopic (exact) mass is 313 g/mol. The zero-order valence-corrected chi connectivity index (χ0v) is 14.0. The maximum Gasteiger partial charge on any atom is 0.118 e. The number of hydrogen-bond donors (Lipinski definition) is 0. The van der Waals surface area contributed by atoms with Crippen LogP contribution in [0.1, 0.15) is 11.1 Å². The van der Waals surface area contributed by atoms with Gasteiger partial charge in [0.15, 0.2) is 0 Å². The summed E-state index contributed by atoms with van der Waals surface area (Å²) in [5.41, 5.74) is 8.35. The average Bonchev–Trinajstić information content (AvgIpc) is 2.89. The van der Waals surface area contributed by atoms with Crippen LogP contribution in [0.25, 0.3) is 32.9 Å². The summed E-state index contributed by atoms with van der Waals surface area (Å²) < 4.78 is 7.66. The molecule has 1 aliphatic rings. The lowest BCUT2D eigenvalue weighted by Gasteiger charge is -2.24. The molecule has 0 N–H and O–H groups in total. The van der Waals surface area contributed by atoms with E-state index in [4.69, 9.17) is 4.74 Å². The fourth-order valence-corrected chi connectivity index (χ4v) is 4.08. The van der Waals surface area contributed by atoms with Gasteiger partial charge < -0.3 is 9.30 Å². The van der Waals surface area contributed by atoms with Crippen molar-refractivity contribution in [1.29, 1.82) is 0 Å². The Morgan fingerprint density at radius 2 is 1.71 bits per heavy atom. The van der Waals surface area contributed by atoms with E-state index in [9.17, 15) is 0 Å². The van der Waals surface area contributed by atoms with Gasteiger partial charge in [-0.05, 0) is 59.4 Å². The summed E-state index contributed by atoms with van der Waals surface area (Å²) in [5, 5.41) is 2.73. The van der Waals surface area contributed by atoms with Crippen molar-refractivity contribution in [2.24, 2.45) is 7.05 Å². The Balaban J connectivity index is 1.93. The summed E-state index contributed by atoms with van der Waals surface area (Å²) in [5.74, 6) is 0.905. The van der Waals surface area contributed by atoms with Crippen LogP contribution in [0.2, 0.25) is 0 Å². The lowest BCUT2D eigenvalue weighted by Crippen LogP contribution is -2.10. The van der Waals surface area contributed by atoms with Crippen molar-refractivity contribution in [2.75, 3.05) is 7.11 Å². The molecule has 0 saturated carbocycles. The maximum atomic E-state index is 5.33. The van der Waals surface area contributed by atoms with Crippen LogP contribution in [0.15, 0.2) is 54.6 Å². The molecule has 0 saturated heterocycles. The standard InChI is InChI=1S/C22H19NO/c1-23-19-6-4-3-5-18(19)22-20(23)13-15-9-12-17(15)21(22)14-7-10-16(24-2)11-8-14/h3-8,10-11,13H,9,12H2,1-2H3. The third-order valence-electron chi connectivity index (χ3n) is 5.43. The second kappa shape index (κ2) is 4.88. The fraction of sp³-hybridized carbons (Fsp3) is 0.182. The molecular weight excluding hydrogens is 294 g/mol. The Morgan fingerprint density at radius 3 is 2.42 bits per heavy atom. The highest BCUT2D eigenvalue weighted by Crippen LogP contribution is 2.43. The van der Waals surface area contributed by atoms with E-state index >= 15 is 0 Å². The van der Waals surface area contributed by atoms with Gasteiger partial charge >= 0.3 is 0 Å². The highest BCUT2D eigenvalue weighted by atomic mass is 16.5. The van der Waals surface area contributed by atoms with E-state index in [2.05, 4.69) is 66.2 Å². The van der Waals surface area contributed by atoms with E-state index < -0.39 is 0 Å². The molecule has 1 aliphatic carbocycles. The molecule has 0 spiro atoms. The van der Waals surface area contributed by atoms with E-state index in [1.54, 1.807) is 7.11 Å². The molecule has 0 aliphatic heterocycles. The van der Waals surface area contributed by atoms with Crippen LogP contribution in [0.4, 0.5) is 0 Å². The molecule has 24 heavy (non-hydrogen) atoms. The van der Waals surface area contributed by atoms with Gasteiger partial charge in [-0.2, -0.15) is 0 Å². The lowest BCUT2D eigenvalue weighted by atomic mass is 9.80. The van der Waals surface area contributed by atoms with E-state index in [-0.39, 0.29) is 0 Å². The molecule has 0 unspecified atom stereocenters. The first-order valence-corrected chi connectivity index (χ1v) is 8.44. The molecular formula is C22H19NO. The molecule has 5 rings (SSSR count). The third-order valence-corrected chi connectivity index (χ3v) is 5.43. The minimum Gasteiger partial charge on any atom is -0.497 e. The number of aromatic nitrogens is 1. The Hall–Kier alpha value is -2.74. The van der Waals surface area contributed by atoms with Crippen LogP contribution in [0, 0.1) is 0 Å². The number of hydrogen-bond acceptors (Lipinski definition) is 1. The highest BCUT2D eigenvalue weighted by Gasteiger charge is 2.24. The molecule has 1 aromatic heterocycles. The van der Waals surface area contributed by atoms with Crippen LogP contribution in [0.5, 0.6) is 5.75 Å². The van der Waals surface area contributed by atoms with Gasteiger partial charge in [0.25, 0.3) is 0 Å². The van der Waals surface area contributed by atoms with Gasteiger partial charge in [0.1, 0.15) is 5.75 Å². The van der Waals surface area contributed by atoms with E-state index in [1.165, 1.54) is 56.9 Å². The second-order valence-electron chi connectivity index (χ2n) is 6.59. The van der Waals surface area contributed by atoms with Crippen LogP contribution in [0.3, 0.4) is 0 Å². The molecule has 0 atom stereocenters. The van der Waals surface area contributed by atoms with Gasteiger partial charge in [0, 0.05) is 28.9 Å². The first-order valence-electron chi connectivity index (χ1n) is 8.44. The number of para-hydroxylation sites is 1. The molecule has 0 bridgehead atoms. The number of nitrogens with zero attached hydrogens (tertiary/aromatic N) is 1. The van der Waals surface area contributed by atoms with Crippen molar-refractivity contribution < 1.29 is 4.74 Å². The lowest BCUT2D eigenvalue weighted by molar-refractivity contribution is 0.415. The van der Waals surface area contributed by atoms with Crippen molar-refractivity contribution in [2.45, 2.75) is 12.8 Å². The Bertz CT molecular complexity index is 1090. The van der Waals surface area contributed by atoms with Crippen molar-refractivity contribution in [1.82, 2.24) is 4.57 Å². The molecule has 1 heterocycles. The summed E-state index contributed by atoms with van der Waals surface area (Å²) in [7, 11) is 3.89. The van der Waals surface area contributed by atoms with Crippen molar-refractivity contribution in [3.8, 4) is 16.9 Å². The molecule has 2 nitrogen and oxygen atoms in total. The van der Waals surface area contributed by atoms with Crippen LogP contribution in [-0.4, -0.2) is 11.7 Å². The van der Waals surface area contributed by atoms with E-state index in [0.717, 1.165) is 5.75 Å². The summed E-state index contributed by atoms with van der Waals surface area (Å²) in [6.07, 6.45) is 2.37. The highest BCUT2D eigenvalue weighted by molar-refractivity contribution is 6.16. The van der Waals surface area contributed by atoms with Gasteiger partial charge in [0.2, 0.25) is 0 Å². The molecule has 4 aromatic rings. The predicted octanol–water partition coefficient (Wildman–Crippen LogP) is 5.11. The van der Waals surface area contributed by atoms with Crippen LogP contribution in [-0.2, 0) is 19.9 Å². The zero-order valence-electron chi connectivity index (χ0n) is 14.0. The zero-order chi connectivity index (χ0) is 16.3. The molecule has 2 heteroatoms. The largest absolute Gasteiger partial charge is 0.497 e. The summed E-state index contributed by atoms with van der Waals surface area (Å²) >= 11 is 0. The third kappa shape index (κ3) is 1.71. The van der Waals surface area contributed by atoms with Gasteiger partial charge in [0.05, 0.1) is 7.11 Å². The Morgan fingerprint density at radius 1 is 0.917 bits per heavy atom. The minimum atomic E-state index is 0.905. The van der Waals surface area contributed by atoms with E-state index in [1.807, 2.05) is 0 Å². The van der Waals surface area contributed by atoms with Gasteiger partial charge in [-0.3, -0.25) is 0 Å². The van der Waals surface area contributed by atoms with Gasteiger partial charge in [-0.15, -0.1) is 0 Å². The smallest absolute Gasteiger partial charge is 0.118 e. The number of fused-ring (bicyclic) bond motifs is 4. The number of ether oxygens (including phenoxy) is 1. The Kier molecular flexibility index (Phi) is 2.78. The fourth-order valence-electron chi connectivity index (χ4n) is 4.08. The number of methoxy groups -OCH3 is 1. The van der Waals surface area contributed by atoms with E-state index in [0.29, 0.717) is 0 Å². The van der Waals surface area contributed by atoms with Crippen molar-refractivity contribution in [3.63, 3.8) is 0 Å². The predicted molar refractivity (Wildman–Crippen MR) is 99.8 cm³/mol. The first-order chi connectivity index (χ1) is 11.8. The molecule has 0 fully saturated rings. The van der Waals surface area contributed by atoms with Gasteiger partial charge in [-0.1, -0.05) is 30.3 Å². The molecule has 0 amide bonds. The summed E-state index contributed by atoms with van der Waals surface area (Å²) in [4.78, 5) is 0. The first kappa shape index (κ1) is 13.7. The minimum absolute atomic E-state index is 0.905. The van der Waals surface area contributed by atoms with Crippen molar-refractivity contribution in [3.05, 3.63) is 65.7 Å². The molecule has 3 aromatic carbocycles. The average molecular weight is 313 g/mol. The Labute approximate surface area is 141 Å². The second-order valence-corrected chi connectivity index (χ2v) is 6.59. The summed E-state index contributed by atoms with van der Waals surface area (Å²) in [6, 6.07) is 19.6. The number of rotatable bonds is 2. The van der Waals surface area contributed by atoms with Gasteiger partial charge in [-0.25, -0.2) is 0 Å². The van der Waals surface area contributed by atoms with Crippen LogP contribution < -0.4 is 4.74 Å². The normalized spacial score (nSPS) is 13.1. The topological polar surface area (TPSA) is 14.2 Å². The number of aryl methyl sites for hydroxylation is 2. The summed E-state index contributed by atoms with van der Waals surface area (Å²) in [6.45, 7) is 0. The maximum absolute atomic E-state index is 5.33. The number of benzene rings is 3. The quantitative estimate of drug-likeness (QED) is 0.502.